The molecule has 0 N–H and O–H groups in total. The first-order valence-corrected chi connectivity index (χ1v) is 5.69. The topological polar surface area (TPSA) is 97.1 Å². The first kappa shape index (κ1) is 11.8. The number of nitriles is 1. The molecule has 0 radical (unpaired) electrons. The molecule has 2 heterocycles. The maximum absolute atomic E-state index is 10.6. The molecule has 7 heteroatoms. The van der Waals surface area contributed by atoms with E-state index in [1.165, 1.54) is 16.6 Å². The normalized spacial score (nSPS) is 10.3. The summed E-state index contributed by atoms with van der Waals surface area (Å²) in [4.78, 5) is 14.4. The molecule has 3 aromatic rings. The predicted molar refractivity (Wildman–Crippen MR) is 69.8 cm³/mol. The van der Waals surface area contributed by atoms with E-state index in [9.17, 15) is 10.1 Å². The second-order valence-electron chi connectivity index (χ2n) is 4.07. The van der Waals surface area contributed by atoms with Crippen LogP contribution in [0.2, 0.25) is 0 Å². The number of hydrogen-bond acceptors (Lipinski definition) is 5. The van der Waals surface area contributed by atoms with Crippen LogP contribution in [0.4, 0.5) is 5.69 Å². The summed E-state index contributed by atoms with van der Waals surface area (Å²) in [5.41, 5.74) is 1.79. The summed E-state index contributed by atoms with van der Waals surface area (Å²) < 4.78 is 1.51. The SMILES string of the molecule is N#Cc1ccc2nc(-c3ccc([N+](=O)[O-])cc3)nn2c1. The number of nitro benzene ring substituents is 1. The Morgan fingerprint density at radius 2 is 1.95 bits per heavy atom. The number of fused-ring (bicyclic) bond motifs is 1. The molecule has 0 atom stereocenters. The second-order valence-corrected chi connectivity index (χ2v) is 4.07. The van der Waals surface area contributed by atoms with E-state index in [1.54, 1.807) is 30.5 Å². The van der Waals surface area contributed by atoms with E-state index >= 15 is 0 Å². The molecule has 0 amide bonds. The number of pyridine rings is 1. The Labute approximate surface area is 112 Å². The van der Waals surface area contributed by atoms with Gasteiger partial charge in [-0.05, 0) is 24.3 Å². The van der Waals surface area contributed by atoms with Gasteiger partial charge in [0.2, 0.25) is 0 Å². The molecule has 0 aliphatic heterocycles. The zero-order chi connectivity index (χ0) is 14.1. The number of nitrogens with zero attached hydrogens (tertiary/aromatic N) is 5. The molecule has 20 heavy (non-hydrogen) atoms. The highest BCUT2D eigenvalue weighted by Crippen LogP contribution is 2.20. The number of benzene rings is 1. The fraction of sp³-hybridized carbons (Fsp3) is 0. The van der Waals surface area contributed by atoms with Crippen molar-refractivity contribution >= 4 is 11.3 Å². The van der Waals surface area contributed by atoms with Crippen LogP contribution in [0.1, 0.15) is 5.56 Å². The monoisotopic (exact) mass is 265 g/mol. The van der Waals surface area contributed by atoms with E-state index in [2.05, 4.69) is 10.1 Å². The average Bonchev–Trinajstić information content (AvgIpc) is 2.90. The van der Waals surface area contributed by atoms with Crippen LogP contribution in [0.5, 0.6) is 0 Å². The van der Waals surface area contributed by atoms with Crippen LogP contribution in [0.15, 0.2) is 42.6 Å². The lowest BCUT2D eigenvalue weighted by atomic mass is 10.2. The summed E-state index contributed by atoms with van der Waals surface area (Å²) in [5.74, 6) is 0.454. The smallest absolute Gasteiger partial charge is 0.258 e. The third-order valence-electron chi connectivity index (χ3n) is 2.80. The van der Waals surface area contributed by atoms with Crippen LogP contribution in [0, 0.1) is 21.4 Å². The highest BCUT2D eigenvalue weighted by Gasteiger charge is 2.09. The number of aromatic nitrogens is 3. The van der Waals surface area contributed by atoms with Crippen molar-refractivity contribution in [1.29, 1.82) is 5.26 Å². The minimum Gasteiger partial charge on any atom is -0.258 e. The molecule has 0 aliphatic carbocycles. The van der Waals surface area contributed by atoms with Crippen molar-refractivity contribution in [3.63, 3.8) is 0 Å². The molecular formula is C13H7N5O2. The molecule has 96 valence electrons. The van der Waals surface area contributed by atoms with Crippen molar-refractivity contribution in [3.8, 4) is 17.5 Å². The van der Waals surface area contributed by atoms with E-state index in [-0.39, 0.29) is 5.69 Å². The third-order valence-corrected chi connectivity index (χ3v) is 2.80. The Kier molecular flexibility index (Phi) is 2.62. The summed E-state index contributed by atoms with van der Waals surface area (Å²) in [6.45, 7) is 0. The Balaban J connectivity index is 2.05. The zero-order valence-electron chi connectivity index (χ0n) is 10.1. The molecule has 7 nitrogen and oxygen atoms in total. The molecule has 0 saturated heterocycles. The van der Waals surface area contributed by atoms with Gasteiger partial charge < -0.3 is 0 Å². The Hall–Kier alpha value is -3.27. The molecule has 0 aliphatic rings. The lowest BCUT2D eigenvalue weighted by molar-refractivity contribution is -0.384. The maximum atomic E-state index is 10.6. The van der Waals surface area contributed by atoms with E-state index < -0.39 is 4.92 Å². The summed E-state index contributed by atoms with van der Waals surface area (Å²) in [5, 5.41) is 23.7. The largest absolute Gasteiger partial charge is 0.269 e. The molecule has 2 aromatic heterocycles. The van der Waals surface area contributed by atoms with E-state index in [1.807, 2.05) is 6.07 Å². The van der Waals surface area contributed by atoms with Gasteiger partial charge in [0.25, 0.3) is 5.69 Å². The average molecular weight is 265 g/mol. The highest BCUT2D eigenvalue weighted by molar-refractivity contribution is 5.60. The van der Waals surface area contributed by atoms with Crippen molar-refractivity contribution in [2.24, 2.45) is 0 Å². The molecule has 0 unspecified atom stereocenters. The fourth-order valence-corrected chi connectivity index (χ4v) is 1.80. The van der Waals surface area contributed by atoms with Crippen molar-refractivity contribution in [2.75, 3.05) is 0 Å². The fourth-order valence-electron chi connectivity index (χ4n) is 1.80. The maximum Gasteiger partial charge on any atom is 0.269 e. The lowest BCUT2D eigenvalue weighted by Crippen LogP contribution is -1.89. The van der Waals surface area contributed by atoms with Crippen molar-refractivity contribution in [3.05, 3.63) is 58.3 Å². The van der Waals surface area contributed by atoms with Crippen LogP contribution in [-0.4, -0.2) is 19.5 Å². The Morgan fingerprint density at radius 3 is 2.60 bits per heavy atom. The van der Waals surface area contributed by atoms with Crippen LogP contribution in [-0.2, 0) is 0 Å². The molecule has 0 spiro atoms. The summed E-state index contributed by atoms with van der Waals surface area (Å²) in [6.07, 6.45) is 1.58. The van der Waals surface area contributed by atoms with E-state index in [0.717, 1.165) is 0 Å². The third kappa shape index (κ3) is 1.95. The molecular weight excluding hydrogens is 258 g/mol. The second kappa shape index (κ2) is 4.44. The minimum atomic E-state index is -0.458. The molecule has 0 fully saturated rings. The van der Waals surface area contributed by atoms with Crippen molar-refractivity contribution in [2.45, 2.75) is 0 Å². The lowest BCUT2D eigenvalue weighted by Gasteiger charge is -1.94. The van der Waals surface area contributed by atoms with Crippen LogP contribution in [0.25, 0.3) is 17.0 Å². The number of non-ortho nitro benzene ring substituents is 1. The van der Waals surface area contributed by atoms with Crippen LogP contribution >= 0.6 is 0 Å². The van der Waals surface area contributed by atoms with E-state index in [0.29, 0.717) is 22.6 Å². The van der Waals surface area contributed by atoms with Gasteiger partial charge in [-0.15, -0.1) is 5.10 Å². The molecule has 3 rings (SSSR count). The summed E-state index contributed by atoms with van der Waals surface area (Å²) in [7, 11) is 0. The Bertz CT molecular complexity index is 845. The van der Waals surface area contributed by atoms with Gasteiger partial charge in [-0.1, -0.05) is 0 Å². The van der Waals surface area contributed by atoms with Gasteiger partial charge >= 0.3 is 0 Å². The van der Waals surface area contributed by atoms with Crippen molar-refractivity contribution in [1.82, 2.24) is 14.6 Å². The minimum absolute atomic E-state index is 0.0179. The highest BCUT2D eigenvalue weighted by atomic mass is 16.6. The van der Waals surface area contributed by atoms with Gasteiger partial charge in [-0.25, -0.2) is 9.50 Å². The van der Waals surface area contributed by atoms with Gasteiger partial charge in [0, 0.05) is 23.9 Å². The van der Waals surface area contributed by atoms with Crippen molar-refractivity contribution < 1.29 is 4.92 Å². The summed E-state index contributed by atoms with van der Waals surface area (Å²) >= 11 is 0. The number of hydrogen-bond donors (Lipinski definition) is 0. The first-order chi connectivity index (χ1) is 9.67. The van der Waals surface area contributed by atoms with Crippen LogP contribution in [0.3, 0.4) is 0 Å². The predicted octanol–water partition coefficient (Wildman–Crippen LogP) is 2.18. The van der Waals surface area contributed by atoms with E-state index in [4.69, 9.17) is 5.26 Å². The first-order valence-electron chi connectivity index (χ1n) is 5.69. The van der Waals surface area contributed by atoms with Gasteiger partial charge in [-0.2, -0.15) is 5.26 Å². The summed E-state index contributed by atoms with van der Waals surface area (Å²) in [6, 6.07) is 11.4. The van der Waals surface area contributed by atoms with Gasteiger partial charge in [-0.3, -0.25) is 10.1 Å². The quantitative estimate of drug-likeness (QED) is 0.522. The molecule has 0 bridgehead atoms. The van der Waals surface area contributed by atoms with Gasteiger partial charge in [0.05, 0.1) is 10.5 Å². The van der Waals surface area contributed by atoms with Crippen LogP contribution < -0.4 is 0 Å². The van der Waals surface area contributed by atoms with Gasteiger partial charge in [0.1, 0.15) is 6.07 Å². The Morgan fingerprint density at radius 1 is 1.20 bits per heavy atom. The zero-order valence-corrected chi connectivity index (χ0v) is 10.1. The number of rotatable bonds is 2. The molecule has 1 aromatic carbocycles. The van der Waals surface area contributed by atoms with Gasteiger partial charge in [0.15, 0.2) is 11.5 Å². The molecule has 0 saturated carbocycles. The number of nitro groups is 1. The standard InChI is InChI=1S/C13H7N5O2/c14-7-9-1-6-12-15-13(16-17(12)8-9)10-2-4-11(5-3-10)18(19)20/h1-6,8H.